The number of hydrogen-bond acceptors (Lipinski definition) is 6. The summed E-state index contributed by atoms with van der Waals surface area (Å²) in [6.07, 6.45) is 1.48. The van der Waals surface area contributed by atoms with Crippen LogP contribution in [-0.4, -0.2) is 38.4 Å². The van der Waals surface area contributed by atoms with Gasteiger partial charge in [-0.25, -0.2) is 19.4 Å². The number of imidazole rings is 1. The molecule has 10 nitrogen and oxygen atoms in total. The Balaban J connectivity index is 1.76. The number of nitrogens with one attached hydrogen (secondary N) is 1. The van der Waals surface area contributed by atoms with Crippen molar-refractivity contribution in [3.05, 3.63) is 27.2 Å². The van der Waals surface area contributed by atoms with Crippen molar-refractivity contribution in [2.45, 2.75) is 20.4 Å². The van der Waals surface area contributed by atoms with Crippen LogP contribution >= 0.6 is 7.75 Å². The summed E-state index contributed by atoms with van der Waals surface area (Å²) in [5.74, 6) is 0. The van der Waals surface area contributed by atoms with Crippen LogP contribution in [0.3, 0.4) is 0 Å². The quantitative estimate of drug-likeness (QED) is 0.765. The Bertz CT molecular complexity index is 958. The molecular weight excluding hydrogens is 349 g/mol. The SMILES string of the molecule is Cn1c(=O)c2c(ncn2CCNP2(=O)OCC(C)(C)CO2)n(C)c1=O. The van der Waals surface area contributed by atoms with Crippen molar-refractivity contribution in [2.24, 2.45) is 19.5 Å². The second-order valence-electron chi connectivity index (χ2n) is 6.93. The molecule has 1 fully saturated rings. The summed E-state index contributed by atoms with van der Waals surface area (Å²) < 4.78 is 27.1. The lowest BCUT2D eigenvalue weighted by Gasteiger charge is -2.33. The van der Waals surface area contributed by atoms with E-state index >= 15 is 0 Å². The highest BCUT2D eigenvalue weighted by molar-refractivity contribution is 7.51. The van der Waals surface area contributed by atoms with Crippen LogP contribution in [0.5, 0.6) is 0 Å². The fraction of sp³-hybridized carbons (Fsp3) is 0.643. The minimum absolute atomic E-state index is 0.173. The maximum atomic E-state index is 12.4. The zero-order valence-corrected chi connectivity index (χ0v) is 15.6. The van der Waals surface area contributed by atoms with Gasteiger partial charge in [-0.2, -0.15) is 0 Å². The second-order valence-corrected chi connectivity index (χ2v) is 8.76. The second kappa shape index (κ2) is 6.21. The molecule has 1 aliphatic rings. The summed E-state index contributed by atoms with van der Waals surface area (Å²) in [7, 11) is -0.354. The normalized spacial score (nSPS) is 19.4. The molecule has 1 N–H and O–H groups in total. The van der Waals surface area contributed by atoms with Gasteiger partial charge in [0.25, 0.3) is 5.56 Å². The molecule has 1 aliphatic heterocycles. The molecule has 3 rings (SSSR count). The lowest BCUT2D eigenvalue weighted by Crippen LogP contribution is -2.38. The summed E-state index contributed by atoms with van der Waals surface area (Å²) in [4.78, 5) is 28.4. The molecule has 0 atom stereocenters. The molecule has 138 valence electrons. The predicted octanol–water partition coefficient (Wildman–Crippen LogP) is 0.204. The van der Waals surface area contributed by atoms with Crippen LogP contribution in [0.2, 0.25) is 0 Å². The van der Waals surface area contributed by atoms with E-state index in [0.717, 1.165) is 4.57 Å². The number of aromatic nitrogens is 4. The average molecular weight is 371 g/mol. The van der Waals surface area contributed by atoms with Crippen LogP contribution in [0.1, 0.15) is 13.8 Å². The third kappa shape index (κ3) is 3.35. The van der Waals surface area contributed by atoms with Crippen LogP contribution < -0.4 is 16.3 Å². The molecule has 2 aromatic rings. The van der Waals surface area contributed by atoms with Crippen molar-refractivity contribution >= 4 is 18.9 Å². The summed E-state index contributed by atoms with van der Waals surface area (Å²) >= 11 is 0. The van der Waals surface area contributed by atoms with Crippen LogP contribution in [0, 0.1) is 5.41 Å². The van der Waals surface area contributed by atoms with Crippen LogP contribution in [0.4, 0.5) is 0 Å². The lowest BCUT2D eigenvalue weighted by atomic mass is 9.97. The number of hydrogen-bond donors (Lipinski definition) is 1. The summed E-state index contributed by atoms with van der Waals surface area (Å²) in [6, 6.07) is 0. The lowest BCUT2D eigenvalue weighted by molar-refractivity contribution is 0.0371. The van der Waals surface area contributed by atoms with Gasteiger partial charge in [0, 0.05) is 32.6 Å². The molecule has 3 heterocycles. The average Bonchev–Trinajstić information content (AvgIpc) is 2.98. The first-order chi connectivity index (χ1) is 11.6. The Morgan fingerprint density at radius 1 is 1.24 bits per heavy atom. The molecule has 0 bridgehead atoms. The van der Waals surface area contributed by atoms with Gasteiger partial charge >= 0.3 is 13.4 Å². The summed E-state index contributed by atoms with van der Waals surface area (Å²) in [6.45, 7) is 5.20. The van der Waals surface area contributed by atoms with E-state index in [9.17, 15) is 14.2 Å². The summed E-state index contributed by atoms with van der Waals surface area (Å²) in [5.41, 5.74) is -0.401. The first-order valence-corrected chi connectivity index (χ1v) is 9.43. The third-order valence-corrected chi connectivity index (χ3v) is 5.67. The predicted molar refractivity (Wildman–Crippen MR) is 91.5 cm³/mol. The van der Waals surface area contributed by atoms with Crippen LogP contribution in [0.25, 0.3) is 11.2 Å². The number of rotatable bonds is 4. The van der Waals surface area contributed by atoms with E-state index in [1.807, 2.05) is 13.8 Å². The molecule has 0 radical (unpaired) electrons. The Morgan fingerprint density at radius 2 is 1.88 bits per heavy atom. The van der Waals surface area contributed by atoms with Crippen molar-refractivity contribution in [1.29, 1.82) is 0 Å². The minimum Gasteiger partial charge on any atom is -0.323 e. The van der Waals surface area contributed by atoms with Gasteiger partial charge in [-0.3, -0.25) is 23.0 Å². The van der Waals surface area contributed by atoms with E-state index in [4.69, 9.17) is 9.05 Å². The maximum Gasteiger partial charge on any atom is 0.405 e. The molecule has 0 saturated carbocycles. The highest BCUT2D eigenvalue weighted by Gasteiger charge is 2.36. The Hall–Kier alpha value is -1.74. The van der Waals surface area contributed by atoms with Gasteiger partial charge < -0.3 is 4.57 Å². The molecule has 1 saturated heterocycles. The fourth-order valence-corrected chi connectivity index (χ4v) is 4.23. The van der Waals surface area contributed by atoms with Crippen molar-refractivity contribution < 1.29 is 13.6 Å². The highest BCUT2D eigenvalue weighted by atomic mass is 31.2. The van der Waals surface area contributed by atoms with E-state index < -0.39 is 19.0 Å². The monoisotopic (exact) mass is 371 g/mol. The topological polar surface area (TPSA) is 109 Å². The number of nitrogens with zero attached hydrogens (tertiary/aromatic N) is 4. The van der Waals surface area contributed by atoms with Gasteiger partial charge in [-0.15, -0.1) is 0 Å². The van der Waals surface area contributed by atoms with E-state index in [1.165, 1.54) is 17.9 Å². The standard InChI is InChI=1S/C14H22N5O5P/c1-14(2)7-23-25(22,24-8-14)16-5-6-19-9-15-11-10(19)12(20)18(4)13(21)17(11)3/h9H,5-8H2,1-4H3,(H,16,22). The minimum atomic E-state index is -3.33. The third-order valence-electron chi connectivity index (χ3n) is 4.13. The molecule has 0 unspecified atom stereocenters. The Morgan fingerprint density at radius 3 is 2.52 bits per heavy atom. The molecule has 11 heteroatoms. The molecule has 0 spiro atoms. The van der Waals surface area contributed by atoms with Gasteiger partial charge in [-0.1, -0.05) is 13.8 Å². The molecular formula is C14H22N5O5P. The van der Waals surface area contributed by atoms with Crippen molar-refractivity contribution in [3.8, 4) is 0 Å². The Labute approximate surface area is 144 Å². The molecule has 25 heavy (non-hydrogen) atoms. The van der Waals surface area contributed by atoms with Crippen LogP contribution in [0.15, 0.2) is 15.9 Å². The zero-order valence-electron chi connectivity index (χ0n) is 14.7. The number of aryl methyl sites for hydroxylation is 1. The molecule has 0 aromatic carbocycles. The van der Waals surface area contributed by atoms with Gasteiger partial charge in [0.2, 0.25) is 0 Å². The largest absolute Gasteiger partial charge is 0.405 e. The molecule has 2 aromatic heterocycles. The smallest absolute Gasteiger partial charge is 0.323 e. The molecule has 0 aliphatic carbocycles. The van der Waals surface area contributed by atoms with E-state index in [0.29, 0.717) is 30.9 Å². The Kier molecular flexibility index (Phi) is 4.48. The maximum absolute atomic E-state index is 12.4. The van der Waals surface area contributed by atoms with Gasteiger partial charge in [-0.05, 0) is 0 Å². The van der Waals surface area contributed by atoms with E-state index in [1.54, 1.807) is 11.6 Å². The first-order valence-electron chi connectivity index (χ1n) is 7.89. The first kappa shape index (κ1) is 18.1. The molecule has 0 amide bonds. The van der Waals surface area contributed by atoms with Gasteiger partial charge in [0.15, 0.2) is 11.2 Å². The van der Waals surface area contributed by atoms with Crippen molar-refractivity contribution in [1.82, 2.24) is 23.8 Å². The summed E-state index contributed by atoms with van der Waals surface area (Å²) in [5, 5.41) is 2.78. The van der Waals surface area contributed by atoms with Gasteiger partial charge in [0.1, 0.15) is 0 Å². The van der Waals surface area contributed by atoms with Crippen molar-refractivity contribution in [2.75, 3.05) is 19.8 Å². The number of fused-ring (bicyclic) bond motifs is 1. The van der Waals surface area contributed by atoms with Crippen molar-refractivity contribution in [3.63, 3.8) is 0 Å². The van der Waals surface area contributed by atoms with Gasteiger partial charge in [0.05, 0.1) is 19.5 Å². The highest BCUT2D eigenvalue weighted by Crippen LogP contribution is 2.49. The van der Waals surface area contributed by atoms with Crippen LogP contribution in [-0.2, 0) is 34.3 Å². The van der Waals surface area contributed by atoms with E-state index in [2.05, 4.69) is 10.1 Å². The van der Waals surface area contributed by atoms with E-state index in [-0.39, 0.29) is 12.0 Å². The zero-order chi connectivity index (χ0) is 18.4. The fourth-order valence-electron chi connectivity index (χ4n) is 2.56.